The SMILES string of the molecule is CCCCC(=O)C1=CC(C)(OC(C)=O)C(=O)C(C)=C1O. The van der Waals surface area contributed by atoms with Crippen LogP contribution in [0.3, 0.4) is 0 Å². The molecule has 1 unspecified atom stereocenters. The smallest absolute Gasteiger partial charge is 0.303 e. The van der Waals surface area contributed by atoms with Crippen LogP contribution < -0.4 is 0 Å². The van der Waals surface area contributed by atoms with Crippen molar-refractivity contribution < 1.29 is 24.2 Å². The molecule has 1 rings (SSSR count). The van der Waals surface area contributed by atoms with Gasteiger partial charge in [0.2, 0.25) is 5.78 Å². The molecule has 0 bridgehead atoms. The summed E-state index contributed by atoms with van der Waals surface area (Å²) in [7, 11) is 0. The Bertz CT molecular complexity index is 512. The molecule has 0 amide bonds. The average molecular weight is 280 g/mol. The van der Waals surface area contributed by atoms with Crippen LogP contribution in [0.2, 0.25) is 0 Å². The predicted octanol–water partition coefficient (Wildman–Crippen LogP) is 2.41. The number of Topliss-reactive ketones (excluding diaryl/α,β-unsaturated/α-hetero) is 2. The maximum absolute atomic E-state index is 12.1. The van der Waals surface area contributed by atoms with Crippen LogP contribution in [-0.4, -0.2) is 28.2 Å². The van der Waals surface area contributed by atoms with Gasteiger partial charge in [-0.15, -0.1) is 0 Å². The van der Waals surface area contributed by atoms with Crippen LogP contribution in [-0.2, 0) is 19.1 Å². The lowest BCUT2D eigenvalue weighted by Crippen LogP contribution is -2.42. The van der Waals surface area contributed by atoms with Crippen LogP contribution in [0.1, 0.15) is 47.0 Å². The van der Waals surface area contributed by atoms with Gasteiger partial charge in [0.05, 0.1) is 5.57 Å². The van der Waals surface area contributed by atoms with Crippen molar-refractivity contribution in [2.75, 3.05) is 0 Å². The van der Waals surface area contributed by atoms with E-state index in [0.717, 1.165) is 6.42 Å². The molecule has 5 nitrogen and oxygen atoms in total. The Hall–Kier alpha value is -1.91. The molecule has 0 saturated carbocycles. The summed E-state index contributed by atoms with van der Waals surface area (Å²) in [6, 6.07) is 0. The lowest BCUT2D eigenvalue weighted by atomic mass is 9.83. The fourth-order valence-electron chi connectivity index (χ4n) is 2.15. The van der Waals surface area contributed by atoms with Crippen molar-refractivity contribution in [2.45, 2.75) is 52.6 Å². The maximum atomic E-state index is 12.1. The highest BCUT2D eigenvalue weighted by Gasteiger charge is 2.42. The largest absolute Gasteiger partial charge is 0.507 e. The van der Waals surface area contributed by atoms with Crippen LogP contribution >= 0.6 is 0 Å². The first-order valence-corrected chi connectivity index (χ1v) is 6.63. The molecule has 1 aliphatic rings. The number of aliphatic hydroxyl groups is 1. The van der Waals surface area contributed by atoms with Gasteiger partial charge in [0.15, 0.2) is 11.4 Å². The normalized spacial score (nSPS) is 22.6. The average Bonchev–Trinajstić information content (AvgIpc) is 2.37. The molecular weight excluding hydrogens is 260 g/mol. The Balaban J connectivity index is 3.19. The molecule has 110 valence electrons. The Labute approximate surface area is 118 Å². The van der Waals surface area contributed by atoms with Crippen LogP contribution in [0.5, 0.6) is 0 Å². The molecule has 1 aliphatic carbocycles. The van der Waals surface area contributed by atoms with E-state index >= 15 is 0 Å². The first kappa shape index (κ1) is 16.1. The molecule has 0 spiro atoms. The topological polar surface area (TPSA) is 80.7 Å². The van der Waals surface area contributed by atoms with Crippen LogP contribution in [0.25, 0.3) is 0 Å². The molecule has 0 aromatic carbocycles. The molecule has 0 aliphatic heterocycles. The number of hydrogen-bond acceptors (Lipinski definition) is 5. The summed E-state index contributed by atoms with van der Waals surface area (Å²) in [5.74, 6) is -1.71. The monoisotopic (exact) mass is 280 g/mol. The van der Waals surface area contributed by atoms with E-state index in [1.807, 2.05) is 6.92 Å². The summed E-state index contributed by atoms with van der Waals surface area (Å²) >= 11 is 0. The molecule has 0 aromatic heterocycles. The zero-order chi connectivity index (χ0) is 15.5. The number of rotatable bonds is 5. The van der Waals surface area contributed by atoms with Gasteiger partial charge in [-0.1, -0.05) is 13.3 Å². The van der Waals surface area contributed by atoms with Gasteiger partial charge in [-0.05, 0) is 26.3 Å². The molecule has 1 atom stereocenters. The summed E-state index contributed by atoms with van der Waals surface area (Å²) in [5, 5.41) is 9.97. The standard InChI is InChI=1S/C15H20O5/c1-5-6-7-12(17)11-8-15(4,20-10(3)16)14(19)9(2)13(11)18/h8,18H,5-7H2,1-4H3. The zero-order valence-corrected chi connectivity index (χ0v) is 12.3. The molecule has 0 saturated heterocycles. The third kappa shape index (κ3) is 3.15. The quantitative estimate of drug-likeness (QED) is 0.782. The molecule has 20 heavy (non-hydrogen) atoms. The van der Waals surface area contributed by atoms with Crippen LogP contribution in [0.4, 0.5) is 0 Å². The van der Waals surface area contributed by atoms with Gasteiger partial charge in [0.1, 0.15) is 5.76 Å². The van der Waals surface area contributed by atoms with Crippen molar-refractivity contribution in [1.82, 2.24) is 0 Å². The van der Waals surface area contributed by atoms with E-state index in [4.69, 9.17) is 4.74 Å². The lowest BCUT2D eigenvalue weighted by molar-refractivity contribution is -0.157. The van der Waals surface area contributed by atoms with Gasteiger partial charge >= 0.3 is 5.97 Å². The minimum atomic E-state index is -1.53. The van der Waals surface area contributed by atoms with E-state index in [1.165, 1.54) is 26.8 Å². The van der Waals surface area contributed by atoms with Gasteiger partial charge in [-0.2, -0.15) is 0 Å². The molecule has 0 aromatic rings. The molecule has 0 heterocycles. The first-order chi connectivity index (χ1) is 9.23. The Morgan fingerprint density at radius 1 is 1.40 bits per heavy atom. The highest BCUT2D eigenvalue weighted by atomic mass is 16.6. The van der Waals surface area contributed by atoms with Crippen molar-refractivity contribution in [2.24, 2.45) is 0 Å². The van der Waals surface area contributed by atoms with E-state index in [9.17, 15) is 19.5 Å². The second-order valence-corrected chi connectivity index (χ2v) is 5.09. The summed E-state index contributed by atoms with van der Waals surface area (Å²) in [4.78, 5) is 35.3. The van der Waals surface area contributed by atoms with Crippen molar-refractivity contribution in [1.29, 1.82) is 0 Å². The number of carbonyl (C=O) groups excluding carboxylic acids is 3. The first-order valence-electron chi connectivity index (χ1n) is 6.63. The molecule has 0 fully saturated rings. The number of allylic oxidation sites excluding steroid dienone is 1. The van der Waals surface area contributed by atoms with E-state index in [2.05, 4.69) is 0 Å². The summed E-state index contributed by atoms with van der Waals surface area (Å²) in [5.41, 5.74) is -1.44. The number of hydrogen-bond donors (Lipinski definition) is 1. The fraction of sp³-hybridized carbons (Fsp3) is 0.533. The highest BCUT2D eigenvalue weighted by molar-refractivity contribution is 6.11. The second-order valence-electron chi connectivity index (χ2n) is 5.09. The van der Waals surface area contributed by atoms with Crippen molar-refractivity contribution in [3.63, 3.8) is 0 Å². The fourth-order valence-corrected chi connectivity index (χ4v) is 2.15. The third-order valence-corrected chi connectivity index (χ3v) is 3.24. The summed E-state index contributed by atoms with van der Waals surface area (Å²) in [6.45, 7) is 5.98. The Morgan fingerprint density at radius 3 is 2.50 bits per heavy atom. The number of esters is 1. The molecular formula is C15H20O5. The highest BCUT2D eigenvalue weighted by Crippen LogP contribution is 2.31. The van der Waals surface area contributed by atoms with Gasteiger partial charge < -0.3 is 9.84 Å². The van der Waals surface area contributed by atoms with Gasteiger partial charge in [-0.25, -0.2) is 0 Å². The Kier molecular flexibility index (Phi) is 4.87. The molecule has 0 radical (unpaired) electrons. The van der Waals surface area contributed by atoms with Gasteiger partial charge in [0, 0.05) is 18.9 Å². The predicted molar refractivity (Wildman–Crippen MR) is 73.1 cm³/mol. The van der Waals surface area contributed by atoms with E-state index in [1.54, 1.807) is 0 Å². The van der Waals surface area contributed by atoms with Crippen molar-refractivity contribution in [3.8, 4) is 0 Å². The number of carbonyl (C=O) groups is 3. The second kappa shape index (κ2) is 6.03. The Morgan fingerprint density at radius 2 is 2.00 bits per heavy atom. The van der Waals surface area contributed by atoms with E-state index < -0.39 is 17.4 Å². The minimum absolute atomic E-state index is 0.0381. The number of unbranched alkanes of at least 4 members (excludes halogenated alkanes) is 1. The van der Waals surface area contributed by atoms with Gasteiger partial charge in [-0.3, -0.25) is 14.4 Å². The maximum Gasteiger partial charge on any atom is 0.303 e. The van der Waals surface area contributed by atoms with Crippen molar-refractivity contribution in [3.05, 3.63) is 23.0 Å². The number of ketones is 2. The lowest BCUT2D eigenvalue weighted by Gasteiger charge is -2.29. The van der Waals surface area contributed by atoms with E-state index in [-0.39, 0.29) is 29.1 Å². The third-order valence-electron chi connectivity index (χ3n) is 3.24. The van der Waals surface area contributed by atoms with Crippen LogP contribution in [0, 0.1) is 0 Å². The summed E-state index contributed by atoms with van der Waals surface area (Å²) < 4.78 is 5.03. The van der Waals surface area contributed by atoms with Crippen molar-refractivity contribution >= 4 is 17.5 Å². The summed E-state index contributed by atoms with van der Waals surface area (Å²) in [6.07, 6.45) is 3.07. The molecule has 1 N–H and O–H groups in total. The number of ether oxygens (including phenoxy) is 1. The number of aliphatic hydroxyl groups excluding tert-OH is 1. The van der Waals surface area contributed by atoms with E-state index in [0.29, 0.717) is 6.42 Å². The van der Waals surface area contributed by atoms with Gasteiger partial charge in [0.25, 0.3) is 0 Å². The molecule has 5 heteroatoms. The zero-order valence-electron chi connectivity index (χ0n) is 12.3. The minimum Gasteiger partial charge on any atom is -0.507 e. The van der Waals surface area contributed by atoms with Crippen LogP contribution in [0.15, 0.2) is 23.0 Å².